The van der Waals surface area contributed by atoms with Crippen molar-refractivity contribution in [3.05, 3.63) is 156 Å². The van der Waals surface area contributed by atoms with Crippen LogP contribution in [0, 0.1) is 17.2 Å². The summed E-state index contributed by atoms with van der Waals surface area (Å²) in [5.41, 5.74) is 36.0. The van der Waals surface area contributed by atoms with Gasteiger partial charge >= 0.3 is 17.9 Å². The number of aliphatic hydroxyl groups is 1. The van der Waals surface area contributed by atoms with Crippen LogP contribution < -0.4 is 119 Å². The molecule has 2 heterocycles. The molecule has 0 spiro atoms. The van der Waals surface area contributed by atoms with Crippen LogP contribution in [-0.4, -0.2) is 288 Å². The molecule has 0 saturated heterocycles. The maximum absolute atomic E-state index is 15.5. The van der Waals surface area contributed by atoms with E-state index in [1.54, 1.807) is 72.8 Å². The molecule has 6 rings (SSSR count). The molecule has 0 fully saturated rings. The van der Waals surface area contributed by atoms with Crippen LogP contribution in [0.2, 0.25) is 0 Å². The molecule has 0 aliphatic carbocycles. The van der Waals surface area contributed by atoms with Crippen molar-refractivity contribution in [3.8, 4) is 5.75 Å². The van der Waals surface area contributed by atoms with Gasteiger partial charge in [0.15, 0.2) is 5.96 Å². The minimum atomic E-state index is -2.18. The van der Waals surface area contributed by atoms with Crippen LogP contribution in [0.15, 0.2) is 128 Å². The lowest BCUT2D eigenvalue weighted by Gasteiger charge is -2.30. The van der Waals surface area contributed by atoms with Gasteiger partial charge < -0.3 is 155 Å². The number of imidazole rings is 1. The number of primary amides is 2. The van der Waals surface area contributed by atoms with Gasteiger partial charge in [-0.3, -0.25) is 96.5 Å². The van der Waals surface area contributed by atoms with E-state index in [4.69, 9.17) is 39.8 Å². The van der Waals surface area contributed by atoms with Crippen molar-refractivity contribution >= 4 is 135 Å². The van der Waals surface area contributed by atoms with Gasteiger partial charge in [-0.2, -0.15) is 0 Å². The number of aromatic nitrogens is 3. The van der Waals surface area contributed by atoms with Crippen molar-refractivity contribution in [2.24, 2.45) is 46.2 Å². The lowest BCUT2D eigenvalue weighted by molar-refractivity contribution is -0.143. The summed E-state index contributed by atoms with van der Waals surface area (Å²) in [4.78, 5) is 291. The maximum Gasteiger partial charge on any atom is 0.326 e. The normalized spacial score (nSPS) is 14.4. The molecule has 0 bridgehead atoms. The van der Waals surface area contributed by atoms with Crippen molar-refractivity contribution in [1.29, 1.82) is 5.41 Å². The average Bonchev–Trinajstić information content (AvgIpc) is 1.66. The van der Waals surface area contributed by atoms with E-state index < -0.39 is 297 Å². The Morgan fingerprint density at radius 3 is 1.16 bits per heavy atom. The van der Waals surface area contributed by atoms with Crippen molar-refractivity contribution in [2.75, 3.05) is 26.2 Å². The molecule has 51 nitrogen and oxygen atoms in total. The molecule has 0 radical (unpaired) electrons. The summed E-state index contributed by atoms with van der Waals surface area (Å²) in [5, 5.41) is 99.1. The fourth-order valence-corrected chi connectivity index (χ4v) is 15.3. The third-order valence-corrected chi connectivity index (χ3v) is 23.3. The molecular weight excluding hydrogens is 1920 g/mol. The number of nitrogens with two attached hydrogens (primary N) is 6. The maximum atomic E-state index is 15.5. The number of H-pyrrole nitrogens is 2. The van der Waals surface area contributed by atoms with Gasteiger partial charge in [0, 0.05) is 80.5 Å². The van der Waals surface area contributed by atoms with Crippen LogP contribution in [0.5, 0.6) is 5.75 Å². The molecule has 0 saturated carbocycles. The Morgan fingerprint density at radius 1 is 0.367 bits per heavy atom. The van der Waals surface area contributed by atoms with Crippen LogP contribution in [0.3, 0.4) is 0 Å². The van der Waals surface area contributed by atoms with Gasteiger partial charge in [-0.25, -0.2) is 9.78 Å². The number of carboxylic acid groups (broad SMARTS) is 3. The van der Waals surface area contributed by atoms with Crippen LogP contribution >= 0.6 is 0 Å². The molecule has 2 aromatic heterocycles. The summed E-state index contributed by atoms with van der Waals surface area (Å²) >= 11 is 0. The summed E-state index contributed by atoms with van der Waals surface area (Å²) < 4.78 is 0. The van der Waals surface area contributed by atoms with E-state index in [1.165, 1.54) is 89.7 Å². The first-order chi connectivity index (χ1) is 69.8. The molecule has 0 aliphatic heterocycles. The summed E-state index contributed by atoms with van der Waals surface area (Å²) in [7, 11) is 0. The first-order valence-corrected chi connectivity index (χ1v) is 47.8. The van der Waals surface area contributed by atoms with E-state index in [-0.39, 0.29) is 75.9 Å². The Bertz CT molecular complexity index is 5480. The highest BCUT2D eigenvalue weighted by Crippen LogP contribution is 2.22. The lowest BCUT2D eigenvalue weighted by Crippen LogP contribution is -2.62. The van der Waals surface area contributed by atoms with E-state index in [1.807, 2.05) is 0 Å². The number of aliphatic hydroxyl groups excluding tert-OH is 1. The Morgan fingerprint density at radius 2 is 0.735 bits per heavy atom. The fourth-order valence-electron chi connectivity index (χ4n) is 15.3. The van der Waals surface area contributed by atoms with Crippen LogP contribution in [0.4, 0.5) is 0 Å². The molecule has 17 amide bonds. The monoisotopic (exact) mass is 2050 g/mol. The molecule has 800 valence electrons. The Balaban J connectivity index is 1.30. The van der Waals surface area contributed by atoms with Crippen molar-refractivity contribution < 1.29 is 121 Å². The number of hydrogen-bond donors (Lipinski definition) is 30. The topological polar surface area (TPSA) is 859 Å². The zero-order chi connectivity index (χ0) is 109. The minimum Gasteiger partial charge on any atom is -0.508 e. The van der Waals surface area contributed by atoms with Crippen LogP contribution in [0.25, 0.3) is 10.9 Å². The van der Waals surface area contributed by atoms with Gasteiger partial charge in [-0.05, 0) is 137 Å². The smallest absolute Gasteiger partial charge is 0.326 e. The number of aliphatic carboxylic acids is 3. The quantitative estimate of drug-likeness (QED) is 0.00960. The first kappa shape index (κ1) is 120. The number of amides is 17. The lowest BCUT2D eigenvalue weighted by atomic mass is 9.99. The zero-order valence-electron chi connectivity index (χ0n) is 82.1. The number of aromatic hydroxyl groups is 1. The number of phenols is 1. The van der Waals surface area contributed by atoms with Crippen LogP contribution in [0.1, 0.15) is 152 Å². The van der Waals surface area contributed by atoms with E-state index >= 15 is 28.8 Å². The largest absolute Gasteiger partial charge is 0.508 e. The number of aromatic amines is 2. The number of nitrogens with zero attached hydrogens (tertiary/aromatic N) is 1. The summed E-state index contributed by atoms with van der Waals surface area (Å²) in [6, 6.07) is 0.609. The third-order valence-electron chi connectivity index (χ3n) is 23.3. The highest BCUT2D eigenvalue weighted by molar-refractivity contribution is 6.03. The summed E-state index contributed by atoms with van der Waals surface area (Å²) in [6.07, 6.45) is -1.62. The average molecular weight is 2050 g/mol. The minimum absolute atomic E-state index is 0.00445. The molecule has 4 aromatic carbocycles. The Kier molecular flexibility index (Phi) is 49.8. The number of carbonyl (C=O) groups excluding carboxylic acids is 17. The number of guanidine groups is 1. The van der Waals surface area contributed by atoms with Crippen molar-refractivity contribution in [1.82, 2.24) is 100 Å². The highest BCUT2D eigenvalue weighted by atomic mass is 16.4. The zero-order valence-corrected chi connectivity index (χ0v) is 82.1. The van der Waals surface area contributed by atoms with Crippen molar-refractivity contribution in [2.45, 2.75) is 253 Å². The molecule has 36 N–H and O–H groups in total. The van der Waals surface area contributed by atoms with E-state index in [0.29, 0.717) is 52.5 Å². The van der Waals surface area contributed by atoms with Gasteiger partial charge in [0.1, 0.15) is 96.4 Å². The van der Waals surface area contributed by atoms with Gasteiger partial charge in [0.25, 0.3) is 0 Å². The number of para-hydroxylation sites is 1. The summed E-state index contributed by atoms with van der Waals surface area (Å²) in [6.45, 7) is 6.60. The first-order valence-electron chi connectivity index (χ1n) is 47.8. The number of phenolic OH excluding ortho intramolecular Hbond substituents is 1. The SMILES string of the molecule is CC(C)[C@H](NC(=O)[C@H](Cc1ccccc1)NC(=O)[C@H](Cc1c[nH]c2ccccc12)NC(=O)[C@H](CC(=O)O)NC(=O)[C@H](Cc1ccc(O)cc1)NC(=O)[C@H](Cc1ccccc1)NC(=O)[C@H](CC(N)=O)NC(=O)[C@H](CCC(=O)O)NC(=O)[C@H](Cc1cnc[nH]1)NC(=O)[C@H](C)N)C(=O)N[C@@H](CCCNC(=N)N)C(=O)N[C@@H](CCC(N)=O)C(=O)N[C@H](C(=O)N[C@@H](CO)C(=O)N[C@@H](CCCCN)C(=O)N[C@@H](CCCCN)C(=O)O)C(C)C. The van der Waals surface area contributed by atoms with Gasteiger partial charge in [0.05, 0.1) is 31.8 Å². The molecular formula is C96H136N26O25. The number of carbonyl (C=O) groups is 20. The van der Waals surface area contributed by atoms with Gasteiger partial charge in [0.2, 0.25) is 100 Å². The number of unbranched alkanes of at least 4 members (excludes halogenated alkanes) is 2. The number of hydrogen-bond acceptors (Lipinski definition) is 27. The predicted octanol–water partition coefficient (Wildman–Crippen LogP) is -5.88. The second-order valence-corrected chi connectivity index (χ2v) is 35.9. The molecule has 147 heavy (non-hydrogen) atoms. The number of fused-ring (bicyclic) bond motifs is 1. The van der Waals surface area contributed by atoms with E-state index in [2.05, 4.69) is 100 Å². The molecule has 6 aromatic rings. The van der Waals surface area contributed by atoms with Crippen molar-refractivity contribution in [3.63, 3.8) is 0 Å². The number of carboxylic acids is 3. The molecule has 0 aliphatic rings. The molecule has 16 atom stereocenters. The van der Waals surface area contributed by atoms with E-state index in [9.17, 15) is 92.7 Å². The summed E-state index contributed by atoms with van der Waals surface area (Å²) in [5.74, 6) is -25.9. The van der Waals surface area contributed by atoms with Crippen LogP contribution in [-0.2, 0) is 128 Å². The van der Waals surface area contributed by atoms with E-state index in [0.717, 1.165) is 0 Å². The highest BCUT2D eigenvalue weighted by Gasteiger charge is 2.41. The fraction of sp³-hybridized carbons (Fsp3) is 0.479. The number of benzene rings is 4. The second kappa shape index (κ2) is 61.2. The van der Waals surface area contributed by atoms with Gasteiger partial charge in [-0.15, -0.1) is 0 Å². The Labute approximate surface area is 845 Å². The second-order valence-electron chi connectivity index (χ2n) is 35.9. The number of rotatable bonds is 66. The molecule has 51 heteroatoms. The Hall–Kier alpha value is -16.1. The van der Waals surface area contributed by atoms with Gasteiger partial charge in [-0.1, -0.05) is 119 Å². The standard InChI is InChI=1S/C96H136N26O25/c1-50(2)78(93(144)111-62(27-18-38-105-96(102)103)81(132)109-63(32-34-74(100)125)84(135)121-79(51(3)4)94(145)120-73(48-123)92(143)108-61(25-14-16-36-97)82(133)112-65(95(146)147)26-15-17-37-98)122-91(142)68(40-54-21-10-7-11-22-54)116-87(138)69(42-56-46-106-60-24-13-12-23-59(56)60)117-90(141)72(45-77(129)130)119-86(137)67(41-55-28-30-58(124)31-29-55)114-85(136)66(39-53-19-8-6-9-20-53)115-89(140)71(44-75(101)126)118-83(134)64(33-35-76(127)128)110-88(139)70(113-80(131)52(5)99)43-57-47-104-49-107-57/h6-13,19-24,28-31,46-47,49-52,61-73,78-79,106,123-124H,14-18,25-27,32-45,48,97-99H2,1-5H3,(H2,100,125)(H2,101,126)(H,104,107)(H,108,143)(H,109,132)(H,110,139)(H,111,144)(H,112,133)(H,113,131)(H,114,136)(H,115,140)(H,116,138)(H,117,141)(H,118,134)(H,119,137)(H,120,145)(H,121,135)(H,122,142)(H,127,128)(H,129,130)(H,146,147)(H4,102,103,105)/t52-,61-,62-,63-,64-,65-,66-,67-,68-,69-,70-,71-,72-,73-,78-,79-/m0/s1. The predicted molar refractivity (Wildman–Crippen MR) is 530 cm³/mol. The third kappa shape index (κ3) is 41.7. The molecule has 0 unspecified atom stereocenters. The number of nitrogens with one attached hydrogen (secondary N) is 19.